The van der Waals surface area contributed by atoms with Crippen LogP contribution in [0.1, 0.15) is 34.5 Å². The Morgan fingerprint density at radius 1 is 1.47 bits per heavy atom. The summed E-state index contributed by atoms with van der Waals surface area (Å²) in [6.45, 7) is 1.84. The second kappa shape index (κ2) is 5.28. The number of hydrogen-bond donors (Lipinski definition) is 1. The number of thiophene rings is 1. The minimum atomic E-state index is -0.872. The van der Waals surface area contributed by atoms with Gasteiger partial charge in [-0.15, -0.1) is 11.3 Å². The lowest BCUT2D eigenvalue weighted by Crippen LogP contribution is -1.99. The first-order valence-corrected chi connectivity index (χ1v) is 5.71. The maximum absolute atomic E-state index is 11.6. The zero-order valence-corrected chi connectivity index (χ0v) is 9.82. The van der Waals surface area contributed by atoms with Gasteiger partial charge in [-0.2, -0.15) is 0 Å². The zero-order valence-electron chi connectivity index (χ0n) is 8.25. The average Bonchev–Trinajstić information content (AvgIpc) is 2.46. The Morgan fingerprint density at radius 3 is 2.60 bits per heavy atom. The van der Waals surface area contributed by atoms with Gasteiger partial charge in [0.05, 0.1) is 9.21 Å². The van der Waals surface area contributed by atoms with Crippen LogP contribution in [0.5, 0.6) is 0 Å². The fraction of sp³-hybridized carbons (Fsp3) is 0.400. The molecule has 1 rings (SSSR count). The summed E-state index contributed by atoms with van der Waals surface area (Å²) in [5.74, 6) is -0.903. The van der Waals surface area contributed by atoms with E-state index in [9.17, 15) is 9.59 Å². The van der Waals surface area contributed by atoms with E-state index in [-0.39, 0.29) is 18.6 Å². The van der Waals surface area contributed by atoms with E-state index in [4.69, 9.17) is 16.7 Å². The third-order valence-corrected chi connectivity index (χ3v) is 3.52. The molecular formula is C10H11ClO3S. The summed E-state index contributed by atoms with van der Waals surface area (Å²) in [6, 6.07) is 1.75. The van der Waals surface area contributed by atoms with E-state index < -0.39 is 5.97 Å². The van der Waals surface area contributed by atoms with Gasteiger partial charge in [-0.25, -0.2) is 0 Å². The van der Waals surface area contributed by atoms with Crippen molar-refractivity contribution in [1.82, 2.24) is 0 Å². The van der Waals surface area contributed by atoms with Gasteiger partial charge in [0.25, 0.3) is 0 Å². The van der Waals surface area contributed by atoms with Crippen LogP contribution < -0.4 is 0 Å². The summed E-state index contributed by atoms with van der Waals surface area (Å²) >= 11 is 7.08. The Labute approximate surface area is 96.7 Å². The predicted octanol–water partition coefficient (Wildman–Crippen LogP) is 3.15. The number of ketones is 1. The molecule has 1 aromatic heterocycles. The van der Waals surface area contributed by atoms with Crippen LogP contribution in [0.25, 0.3) is 0 Å². The first-order valence-electron chi connectivity index (χ1n) is 4.51. The molecule has 1 N–H and O–H groups in total. The van der Waals surface area contributed by atoms with Crippen molar-refractivity contribution in [3.8, 4) is 0 Å². The van der Waals surface area contributed by atoms with Crippen LogP contribution in [-0.2, 0) is 4.79 Å². The Bertz CT molecular complexity index is 365. The van der Waals surface area contributed by atoms with Crippen molar-refractivity contribution in [2.45, 2.75) is 26.2 Å². The van der Waals surface area contributed by atoms with Crippen molar-refractivity contribution in [2.24, 2.45) is 0 Å². The van der Waals surface area contributed by atoms with E-state index in [1.807, 2.05) is 6.92 Å². The molecule has 1 heterocycles. The number of Topliss-reactive ketones (excluding diaryl/α,β-unsaturated/α-hetero) is 1. The van der Waals surface area contributed by atoms with Crippen molar-refractivity contribution in [2.75, 3.05) is 0 Å². The molecule has 15 heavy (non-hydrogen) atoms. The molecule has 0 saturated carbocycles. The van der Waals surface area contributed by atoms with Gasteiger partial charge in [0, 0.05) is 12.8 Å². The molecule has 0 aromatic carbocycles. The molecular weight excluding hydrogens is 236 g/mol. The maximum Gasteiger partial charge on any atom is 0.303 e. The monoisotopic (exact) mass is 246 g/mol. The van der Waals surface area contributed by atoms with Gasteiger partial charge in [-0.1, -0.05) is 11.6 Å². The van der Waals surface area contributed by atoms with Gasteiger partial charge in [0.2, 0.25) is 0 Å². The number of hydrogen-bond acceptors (Lipinski definition) is 3. The van der Waals surface area contributed by atoms with Crippen molar-refractivity contribution in [1.29, 1.82) is 0 Å². The van der Waals surface area contributed by atoms with E-state index in [0.29, 0.717) is 15.6 Å². The van der Waals surface area contributed by atoms with E-state index in [0.717, 1.165) is 5.56 Å². The number of aryl methyl sites for hydroxylation is 1. The number of carbonyl (C=O) groups excluding carboxylic acids is 1. The van der Waals surface area contributed by atoms with Crippen LogP contribution in [0, 0.1) is 6.92 Å². The molecule has 0 saturated heterocycles. The van der Waals surface area contributed by atoms with Crippen LogP contribution in [0.3, 0.4) is 0 Å². The largest absolute Gasteiger partial charge is 0.481 e. The second-order valence-corrected chi connectivity index (χ2v) is 4.89. The third-order valence-electron chi connectivity index (χ3n) is 1.93. The van der Waals surface area contributed by atoms with Gasteiger partial charge in [0.15, 0.2) is 5.78 Å². The number of aliphatic carboxylic acids is 1. The SMILES string of the molecule is Cc1cc(C(=O)CCCC(=O)O)sc1Cl. The number of carboxylic acids is 1. The molecule has 1 aromatic rings. The summed E-state index contributed by atoms with van der Waals surface area (Å²) < 4.78 is 0.622. The lowest BCUT2D eigenvalue weighted by molar-refractivity contribution is -0.137. The molecule has 0 spiro atoms. The van der Waals surface area contributed by atoms with Crippen molar-refractivity contribution >= 4 is 34.7 Å². The van der Waals surface area contributed by atoms with Gasteiger partial charge in [-0.05, 0) is 25.0 Å². The fourth-order valence-corrected chi connectivity index (χ4v) is 2.29. The average molecular weight is 247 g/mol. The van der Waals surface area contributed by atoms with E-state index in [1.54, 1.807) is 6.07 Å². The number of rotatable bonds is 5. The van der Waals surface area contributed by atoms with Crippen molar-refractivity contribution < 1.29 is 14.7 Å². The Morgan fingerprint density at radius 2 is 2.13 bits per heavy atom. The molecule has 3 nitrogen and oxygen atoms in total. The lowest BCUT2D eigenvalue weighted by Gasteiger charge is -1.95. The summed E-state index contributed by atoms with van der Waals surface area (Å²) in [7, 11) is 0. The lowest BCUT2D eigenvalue weighted by atomic mass is 10.1. The molecule has 0 amide bonds. The second-order valence-electron chi connectivity index (χ2n) is 3.24. The molecule has 0 aliphatic carbocycles. The van der Waals surface area contributed by atoms with Crippen molar-refractivity contribution in [3.63, 3.8) is 0 Å². The molecule has 0 unspecified atom stereocenters. The van der Waals surface area contributed by atoms with E-state index in [2.05, 4.69) is 0 Å². The molecule has 0 aliphatic heterocycles. The predicted molar refractivity (Wildman–Crippen MR) is 59.9 cm³/mol. The highest BCUT2D eigenvalue weighted by Gasteiger charge is 2.11. The van der Waals surface area contributed by atoms with Crippen LogP contribution in [0.15, 0.2) is 6.07 Å². The number of carboxylic acid groups (broad SMARTS) is 1. The standard InChI is InChI=1S/C10H11ClO3S/c1-6-5-8(15-10(6)11)7(12)3-2-4-9(13)14/h5H,2-4H2,1H3,(H,13,14). The summed E-state index contributed by atoms with van der Waals surface area (Å²) in [4.78, 5) is 22.4. The van der Waals surface area contributed by atoms with Crippen LogP contribution >= 0.6 is 22.9 Å². The zero-order chi connectivity index (χ0) is 11.4. The molecule has 0 radical (unpaired) electrons. The molecule has 0 fully saturated rings. The first kappa shape index (κ1) is 12.2. The third kappa shape index (κ3) is 3.64. The highest BCUT2D eigenvalue weighted by molar-refractivity contribution is 7.18. The van der Waals surface area contributed by atoms with Gasteiger partial charge >= 0.3 is 5.97 Å². The summed E-state index contributed by atoms with van der Waals surface area (Å²) in [5, 5.41) is 8.42. The highest BCUT2D eigenvalue weighted by Crippen LogP contribution is 2.27. The smallest absolute Gasteiger partial charge is 0.303 e. The Kier molecular flexibility index (Phi) is 4.29. The Balaban J connectivity index is 2.50. The van der Waals surface area contributed by atoms with Gasteiger partial charge < -0.3 is 5.11 Å². The van der Waals surface area contributed by atoms with Crippen LogP contribution in [0.4, 0.5) is 0 Å². The summed E-state index contributed by atoms with van der Waals surface area (Å²) in [6.07, 6.45) is 0.676. The number of carbonyl (C=O) groups is 2. The molecule has 5 heteroatoms. The fourth-order valence-electron chi connectivity index (χ4n) is 1.12. The molecule has 0 aliphatic rings. The minimum Gasteiger partial charge on any atom is -0.481 e. The molecule has 0 atom stereocenters. The topological polar surface area (TPSA) is 54.4 Å². The van der Waals surface area contributed by atoms with Crippen LogP contribution in [0.2, 0.25) is 4.34 Å². The molecule has 0 bridgehead atoms. The number of halogens is 1. The summed E-state index contributed by atoms with van der Waals surface area (Å²) in [5.41, 5.74) is 0.892. The van der Waals surface area contributed by atoms with Crippen molar-refractivity contribution in [3.05, 3.63) is 20.8 Å². The van der Waals surface area contributed by atoms with Crippen LogP contribution in [-0.4, -0.2) is 16.9 Å². The Hall–Kier alpha value is -0.870. The molecule has 82 valence electrons. The maximum atomic E-state index is 11.6. The minimum absolute atomic E-state index is 0.0312. The first-order chi connectivity index (χ1) is 7.00. The highest BCUT2D eigenvalue weighted by atomic mass is 35.5. The van der Waals surface area contributed by atoms with E-state index >= 15 is 0 Å². The van der Waals surface area contributed by atoms with E-state index in [1.165, 1.54) is 11.3 Å². The quantitative estimate of drug-likeness (QED) is 0.812. The van der Waals surface area contributed by atoms with Gasteiger partial charge in [-0.3, -0.25) is 9.59 Å². The van der Waals surface area contributed by atoms with Gasteiger partial charge in [0.1, 0.15) is 0 Å². The normalized spacial score (nSPS) is 10.3.